The number of aromatic nitrogens is 2. The highest BCUT2D eigenvalue weighted by molar-refractivity contribution is 5.30. The SMILES string of the molecule is CCC(C)N(CC)CC(O)Cn1cc(N)cn1. The van der Waals surface area contributed by atoms with E-state index in [9.17, 15) is 5.11 Å². The van der Waals surface area contributed by atoms with Crippen LogP contribution in [-0.4, -0.2) is 45.0 Å². The summed E-state index contributed by atoms with van der Waals surface area (Å²) in [5, 5.41) is 14.1. The Bertz CT molecular complexity index is 326. The van der Waals surface area contributed by atoms with Gasteiger partial charge in [0.05, 0.1) is 24.5 Å². The third-order valence-electron chi connectivity index (χ3n) is 3.12. The maximum atomic E-state index is 10.0. The van der Waals surface area contributed by atoms with Gasteiger partial charge in [-0.15, -0.1) is 0 Å². The average Bonchev–Trinajstić information content (AvgIpc) is 2.70. The molecule has 1 aromatic heterocycles. The van der Waals surface area contributed by atoms with E-state index < -0.39 is 6.10 Å². The van der Waals surface area contributed by atoms with E-state index >= 15 is 0 Å². The summed E-state index contributed by atoms with van der Waals surface area (Å²) in [6.07, 6.45) is 4.01. The second-order valence-corrected chi connectivity index (χ2v) is 4.49. The molecule has 0 spiro atoms. The molecule has 1 rings (SSSR count). The predicted molar refractivity (Wildman–Crippen MR) is 69.6 cm³/mol. The van der Waals surface area contributed by atoms with Crippen LogP contribution in [0, 0.1) is 0 Å². The number of hydrogen-bond donors (Lipinski definition) is 2. The minimum absolute atomic E-state index is 0.414. The first-order chi connectivity index (χ1) is 8.06. The van der Waals surface area contributed by atoms with E-state index in [0.29, 0.717) is 24.8 Å². The van der Waals surface area contributed by atoms with Crippen molar-refractivity contribution in [3.8, 4) is 0 Å². The Morgan fingerprint density at radius 1 is 1.53 bits per heavy atom. The van der Waals surface area contributed by atoms with Crippen LogP contribution in [0.5, 0.6) is 0 Å². The van der Waals surface area contributed by atoms with Gasteiger partial charge in [0.1, 0.15) is 0 Å². The minimum atomic E-state index is -0.414. The van der Waals surface area contributed by atoms with Crippen LogP contribution in [0.4, 0.5) is 5.69 Å². The molecule has 2 atom stereocenters. The Morgan fingerprint density at radius 2 is 2.24 bits per heavy atom. The number of likely N-dealkylation sites (N-methyl/N-ethyl adjacent to an activating group) is 1. The van der Waals surface area contributed by atoms with Crippen LogP contribution in [-0.2, 0) is 6.54 Å². The van der Waals surface area contributed by atoms with Crippen molar-refractivity contribution in [3.05, 3.63) is 12.4 Å². The summed E-state index contributed by atoms with van der Waals surface area (Å²) < 4.78 is 1.68. The largest absolute Gasteiger partial charge is 0.396 e. The fraction of sp³-hybridized carbons (Fsp3) is 0.750. The lowest BCUT2D eigenvalue weighted by atomic mass is 10.2. The molecule has 5 heteroatoms. The molecule has 0 aliphatic heterocycles. The second-order valence-electron chi connectivity index (χ2n) is 4.49. The molecule has 0 bridgehead atoms. The highest BCUT2D eigenvalue weighted by atomic mass is 16.3. The monoisotopic (exact) mass is 240 g/mol. The van der Waals surface area contributed by atoms with Crippen LogP contribution in [0.3, 0.4) is 0 Å². The zero-order valence-electron chi connectivity index (χ0n) is 11.0. The van der Waals surface area contributed by atoms with Crippen LogP contribution in [0.1, 0.15) is 27.2 Å². The normalized spacial score (nSPS) is 15.1. The average molecular weight is 240 g/mol. The van der Waals surface area contributed by atoms with Crippen molar-refractivity contribution in [3.63, 3.8) is 0 Å². The summed E-state index contributed by atoms with van der Waals surface area (Å²) in [5.74, 6) is 0. The van der Waals surface area contributed by atoms with Gasteiger partial charge in [-0.25, -0.2) is 0 Å². The predicted octanol–water partition coefficient (Wildman–Crippen LogP) is 0.947. The van der Waals surface area contributed by atoms with Crippen LogP contribution in [0.2, 0.25) is 0 Å². The van der Waals surface area contributed by atoms with Gasteiger partial charge < -0.3 is 10.8 Å². The lowest BCUT2D eigenvalue weighted by Gasteiger charge is -2.29. The van der Waals surface area contributed by atoms with Crippen LogP contribution >= 0.6 is 0 Å². The molecule has 0 saturated heterocycles. The van der Waals surface area contributed by atoms with E-state index in [2.05, 4.69) is 30.8 Å². The zero-order chi connectivity index (χ0) is 12.8. The number of hydrogen-bond acceptors (Lipinski definition) is 4. The fourth-order valence-electron chi connectivity index (χ4n) is 1.90. The molecule has 0 aliphatic rings. The molecule has 2 unspecified atom stereocenters. The molecule has 98 valence electrons. The maximum Gasteiger partial charge on any atom is 0.0862 e. The van der Waals surface area contributed by atoms with E-state index in [1.54, 1.807) is 17.1 Å². The molecule has 3 N–H and O–H groups in total. The lowest BCUT2D eigenvalue weighted by molar-refractivity contribution is 0.0787. The maximum absolute atomic E-state index is 10.0. The van der Waals surface area contributed by atoms with Gasteiger partial charge in [0, 0.05) is 18.8 Å². The van der Waals surface area contributed by atoms with Crippen molar-refractivity contribution >= 4 is 5.69 Å². The Kier molecular flexibility index (Phi) is 5.44. The van der Waals surface area contributed by atoms with Gasteiger partial charge in [0.2, 0.25) is 0 Å². The Labute approximate surface area is 103 Å². The van der Waals surface area contributed by atoms with Gasteiger partial charge in [-0.3, -0.25) is 9.58 Å². The molecule has 1 aromatic rings. The first-order valence-corrected chi connectivity index (χ1v) is 6.26. The minimum Gasteiger partial charge on any atom is -0.396 e. The Hall–Kier alpha value is -1.07. The molecular formula is C12H24N4O. The van der Waals surface area contributed by atoms with Crippen molar-refractivity contribution in [2.75, 3.05) is 18.8 Å². The number of nitrogens with two attached hydrogens (primary N) is 1. The molecule has 0 aromatic carbocycles. The van der Waals surface area contributed by atoms with Crippen molar-refractivity contribution in [2.45, 2.75) is 45.9 Å². The van der Waals surface area contributed by atoms with E-state index in [0.717, 1.165) is 13.0 Å². The summed E-state index contributed by atoms with van der Waals surface area (Å²) in [4.78, 5) is 2.28. The fourth-order valence-corrected chi connectivity index (χ4v) is 1.90. The van der Waals surface area contributed by atoms with Gasteiger partial charge in [0.25, 0.3) is 0 Å². The summed E-state index contributed by atoms with van der Waals surface area (Å²) in [7, 11) is 0. The number of aliphatic hydroxyl groups is 1. The Balaban J connectivity index is 2.44. The van der Waals surface area contributed by atoms with E-state index in [1.165, 1.54) is 0 Å². The highest BCUT2D eigenvalue weighted by Crippen LogP contribution is 2.06. The molecule has 17 heavy (non-hydrogen) atoms. The summed E-state index contributed by atoms with van der Waals surface area (Å²) in [5.41, 5.74) is 6.21. The number of nitrogen functional groups attached to an aromatic ring is 1. The van der Waals surface area contributed by atoms with E-state index in [-0.39, 0.29) is 0 Å². The standard InChI is InChI=1S/C12H24N4O/c1-4-10(3)15(5-2)8-12(17)9-16-7-11(13)6-14-16/h6-7,10,12,17H,4-5,8-9,13H2,1-3H3. The van der Waals surface area contributed by atoms with Crippen LogP contribution < -0.4 is 5.73 Å². The summed E-state index contributed by atoms with van der Waals surface area (Å²) >= 11 is 0. The van der Waals surface area contributed by atoms with Crippen molar-refractivity contribution in [1.82, 2.24) is 14.7 Å². The topological polar surface area (TPSA) is 67.3 Å². The molecule has 0 saturated carbocycles. The molecule has 0 amide bonds. The van der Waals surface area contributed by atoms with E-state index in [1.807, 2.05) is 0 Å². The van der Waals surface area contributed by atoms with Gasteiger partial charge in [-0.1, -0.05) is 13.8 Å². The van der Waals surface area contributed by atoms with Crippen molar-refractivity contribution in [1.29, 1.82) is 0 Å². The first-order valence-electron chi connectivity index (χ1n) is 6.26. The van der Waals surface area contributed by atoms with Crippen molar-refractivity contribution < 1.29 is 5.11 Å². The highest BCUT2D eigenvalue weighted by Gasteiger charge is 2.15. The van der Waals surface area contributed by atoms with Crippen molar-refractivity contribution in [2.24, 2.45) is 0 Å². The van der Waals surface area contributed by atoms with E-state index in [4.69, 9.17) is 5.73 Å². The van der Waals surface area contributed by atoms with Gasteiger partial charge >= 0.3 is 0 Å². The van der Waals surface area contributed by atoms with Gasteiger partial charge in [0.15, 0.2) is 0 Å². The molecule has 0 aliphatic carbocycles. The third-order valence-corrected chi connectivity index (χ3v) is 3.12. The smallest absolute Gasteiger partial charge is 0.0862 e. The summed E-state index contributed by atoms with van der Waals surface area (Å²) in [6.45, 7) is 8.57. The zero-order valence-corrected chi connectivity index (χ0v) is 11.0. The molecule has 0 radical (unpaired) electrons. The molecule has 5 nitrogen and oxygen atoms in total. The van der Waals surface area contributed by atoms with Gasteiger partial charge in [-0.2, -0.15) is 5.10 Å². The van der Waals surface area contributed by atoms with Crippen LogP contribution in [0.15, 0.2) is 12.4 Å². The van der Waals surface area contributed by atoms with Crippen LogP contribution in [0.25, 0.3) is 0 Å². The number of rotatable bonds is 7. The Morgan fingerprint density at radius 3 is 2.71 bits per heavy atom. The molecule has 0 fully saturated rings. The molecule has 1 heterocycles. The third kappa shape index (κ3) is 4.36. The number of aliphatic hydroxyl groups excluding tert-OH is 1. The quantitative estimate of drug-likeness (QED) is 0.744. The lowest BCUT2D eigenvalue weighted by Crippen LogP contribution is -2.40. The summed E-state index contributed by atoms with van der Waals surface area (Å²) in [6, 6.07) is 0.498. The number of nitrogens with zero attached hydrogens (tertiary/aromatic N) is 3. The number of anilines is 1. The van der Waals surface area contributed by atoms with Gasteiger partial charge in [-0.05, 0) is 19.9 Å². The molecular weight excluding hydrogens is 216 g/mol. The first kappa shape index (κ1) is 14.0. The second kappa shape index (κ2) is 6.61.